The summed E-state index contributed by atoms with van der Waals surface area (Å²) in [6, 6.07) is 19.0. The molecule has 1 atom stereocenters. The van der Waals surface area contributed by atoms with Crippen molar-refractivity contribution in [2.24, 2.45) is 0 Å². The van der Waals surface area contributed by atoms with Gasteiger partial charge in [-0.1, -0.05) is 123 Å². The Balaban J connectivity index is 1.59. The lowest BCUT2D eigenvalue weighted by atomic mass is 9.98. The number of nitrogens with one attached hydrogen (secondary N) is 1. The third kappa shape index (κ3) is 13.8. The van der Waals surface area contributed by atoms with E-state index in [9.17, 15) is 4.79 Å². The van der Waals surface area contributed by atoms with Crippen LogP contribution in [-0.4, -0.2) is 5.91 Å². The molecule has 2 aromatic rings. The fourth-order valence-electron chi connectivity index (χ4n) is 4.26. The van der Waals surface area contributed by atoms with Crippen LogP contribution in [0.3, 0.4) is 0 Å². The molecule has 0 saturated carbocycles. The summed E-state index contributed by atoms with van der Waals surface area (Å²) < 4.78 is 0. The molecule has 1 amide bonds. The number of hydrogen-bond acceptors (Lipinski definition) is 1. The first-order chi connectivity index (χ1) is 17.2. The van der Waals surface area contributed by atoms with Gasteiger partial charge in [-0.05, 0) is 63.0 Å². The van der Waals surface area contributed by atoms with E-state index in [1.807, 2.05) is 18.2 Å². The van der Waals surface area contributed by atoms with Crippen molar-refractivity contribution in [3.8, 4) is 0 Å². The molecule has 35 heavy (non-hydrogen) atoms. The van der Waals surface area contributed by atoms with Crippen molar-refractivity contribution in [1.82, 2.24) is 5.32 Å². The molecule has 0 aliphatic carbocycles. The minimum absolute atomic E-state index is 0.0179. The lowest BCUT2D eigenvalue weighted by Crippen LogP contribution is -2.29. The van der Waals surface area contributed by atoms with Gasteiger partial charge in [0.25, 0.3) is 0 Å². The van der Waals surface area contributed by atoms with Crippen LogP contribution in [0.25, 0.3) is 0 Å². The predicted octanol–water partition coefficient (Wildman–Crippen LogP) is 9.21. The summed E-state index contributed by atoms with van der Waals surface area (Å²) in [6.07, 6.45) is 23.9. The highest BCUT2D eigenvalue weighted by Gasteiger charge is 2.15. The summed E-state index contributed by atoms with van der Waals surface area (Å²) in [7, 11) is 0. The maximum atomic E-state index is 12.7. The summed E-state index contributed by atoms with van der Waals surface area (Å²) in [4.78, 5) is 12.7. The smallest absolute Gasteiger partial charge is 0.220 e. The normalized spacial score (nSPS) is 12.4. The van der Waals surface area contributed by atoms with Crippen molar-refractivity contribution in [3.05, 3.63) is 95.6 Å². The number of rotatable bonds is 18. The maximum Gasteiger partial charge on any atom is 0.220 e. The first-order valence-electron chi connectivity index (χ1n) is 13.9. The monoisotopic (exact) mass is 473 g/mol. The van der Waals surface area contributed by atoms with Gasteiger partial charge in [0, 0.05) is 6.42 Å². The molecule has 0 aliphatic rings. The highest BCUT2D eigenvalue weighted by Crippen LogP contribution is 2.19. The van der Waals surface area contributed by atoms with Crippen LogP contribution < -0.4 is 5.32 Å². The molecule has 2 aromatic carbocycles. The zero-order valence-corrected chi connectivity index (χ0v) is 22.2. The predicted molar refractivity (Wildman–Crippen MR) is 152 cm³/mol. The van der Waals surface area contributed by atoms with Crippen LogP contribution in [0, 0.1) is 6.92 Å². The molecule has 0 aromatic heterocycles. The lowest BCUT2D eigenvalue weighted by molar-refractivity contribution is -0.122. The van der Waals surface area contributed by atoms with Gasteiger partial charge in [-0.25, -0.2) is 0 Å². The minimum atomic E-state index is 0.0179. The molecule has 0 spiro atoms. The van der Waals surface area contributed by atoms with E-state index in [2.05, 4.69) is 79.9 Å². The Hall–Kier alpha value is -2.61. The van der Waals surface area contributed by atoms with Crippen LogP contribution in [0.4, 0.5) is 0 Å². The first kappa shape index (κ1) is 28.6. The molecule has 0 bridgehead atoms. The number of unbranched alkanes of at least 4 members (excludes halogenated alkanes) is 8. The van der Waals surface area contributed by atoms with Gasteiger partial charge in [-0.3, -0.25) is 4.79 Å². The van der Waals surface area contributed by atoms with E-state index < -0.39 is 0 Å². The average molecular weight is 474 g/mol. The molecule has 0 radical (unpaired) electrons. The SMILES string of the molecule is CCCCC/C=C/C/C=C\CCCCCCCC(=O)NC(Cc1ccc(C)cc1)c1ccccc1. The minimum Gasteiger partial charge on any atom is -0.349 e. The Morgan fingerprint density at radius 2 is 1.40 bits per heavy atom. The molecule has 0 saturated heterocycles. The molecule has 190 valence electrons. The molecule has 0 fully saturated rings. The van der Waals surface area contributed by atoms with Gasteiger partial charge in [0.05, 0.1) is 6.04 Å². The molecule has 0 aliphatic heterocycles. The molecule has 2 rings (SSSR count). The van der Waals surface area contributed by atoms with E-state index >= 15 is 0 Å². The highest BCUT2D eigenvalue weighted by molar-refractivity contribution is 5.76. The van der Waals surface area contributed by atoms with Crippen LogP contribution >= 0.6 is 0 Å². The third-order valence-corrected chi connectivity index (χ3v) is 6.45. The topological polar surface area (TPSA) is 29.1 Å². The van der Waals surface area contributed by atoms with E-state index in [1.165, 1.54) is 68.1 Å². The van der Waals surface area contributed by atoms with Crippen LogP contribution in [-0.2, 0) is 11.2 Å². The molecule has 2 nitrogen and oxygen atoms in total. The van der Waals surface area contributed by atoms with Gasteiger partial charge >= 0.3 is 0 Å². The van der Waals surface area contributed by atoms with Crippen LogP contribution in [0.2, 0.25) is 0 Å². The number of allylic oxidation sites excluding steroid dienone is 4. The summed E-state index contributed by atoms with van der Waals surface area (Å²) in [5.74, 6) is 0.164. The van der Waals surface area contributed by atoms with Gasteiger partial charge in [0.1, 0.15) is 0 Å². The number of carbonyl (C=O) groups is 1. The standard InChI is InChI=1S/C33H47NO/c1-3-4-5-6-7-8-9-10-11-12-13-14-15-16-20-23-33(35)34-32(31-21-18-17-19-22-31)28-30-26-24-29(2)25-27-30/h7-8,10-11,17-19,21-22,24-27,32H,3-6,9,12-16,20,23,28H2,1-2H3,(H,34,35)/b8-7+,11-10-. The summed E-state index contributed by atoms with van der Waals surface area (Å²) >= 11 is 0. The number of aryl methyl sites for hydroxylation is 1. The summed E-state index contributed by atoms with van der Waals surface area (Å²) in [5.41, 5.74) is 3.68. The molecule has 2 heteroatoms. The molecular formula is C33H47NO. The zero-order valence-electron chi connectivity index (χ0n) is 22.2. The molecular weight excluding hydrogens is 426 g/mol. The first-order valence-corrected chi connectivity index (χ1v) is 13.9. The number of carbonyl (C=O) groups excluding carboxylic acids is 1. The van der Waals surface area contributed by atoms with Gasteiger partial charge in [-0.15, -0.1) is 0 Å². The number of hydrogen-bond donors (Lipinski definition) is 1. The molecule has 0 heterocycles. The van der Waals surface area contributed by atoms with Crippen molar-refractivity contribution >= 4 is 5.91 Å². The Kier molecular flexibility index (Phi) is 15.3. The van der Waals surface area contributed by atoms with Crippen molar-refractivity contribution in [3.63, 3.8) is 0 Å². The Labute approximate surface area is 214 Å². The van der Waals surface area contributed by atoms with Crippen molar-refractivity contribution in [2.45, 2.75) is 103 Å². The van der Waals surface area contributed by atoms with Crippen molar-refractivity contribution < 1.29 is 4.79 Å². The second-order valence-electron chi connectivity index (χ2n) is 9.70. The Morgan fingerprint density at radius 1 is 0.771 bits per heavy atom. The van der Waals surface area contributed by atoms with E-state index in [0.717, 1.165) is 25.7 Å². The van der Waals surface area contributed by atoms with Gasteiger partial charge < -0.3 is 5.32 Å². The van der Waals surface area contributed by atoms with Crippen molar-refractivity contribution in [1.29, 1.82) is 0 Å². The van der Waals surface area contributed by atoms with E-state index in [1.54, 1.807) is 0 Å². The third-order valence-electron chi connectivity index (χ3n) is 6.45. The van der Waals surface area contributed by atoms with E-state index in [0.29, 0.717) is 6.42 Å². The van der Waals surface area contributed by atoms with Crippen molar-refractivity contribution in [2.75, 3.05) is 0 Å². The Bertz CT molecular complexity index is 850. The van der Waals surface area contributed by atoms with Crippen LogP contribution in [0.5, 0.6) is 0 Å². The zero-order chi connectivity index (χ0) is 25.0. The number of amides is 1. The maximum absolute atomic E-state index is 12.7. The summed E-state index contributed by atoms with van der Waals surface area (Å²) in [6.45, 7) is 4.35. The van der Waals surface area contributed by atoms with Gasteiger partial charge in [0.2, 0.25) is 5.91 Å². The average Bonchev–Trinajstić information content (AvgIpc) is 2.88. The second kappa shape index (κ2) is 18.7. The largest absolute Gasteiger partial charge is 0.349 e. The number of benzene rings is 2. The highest BCUT2D eigenvalue weighted by atomic mass is 16.1. The van der Waals surface area contributed by atoms with Crippen LogP contribution in [0.1, 0.15) is 107 Å². The molecule has 1 N–H and O–H groups in total. The lowest BCUT2D eigenvalue weighted by Gasteiger charge is -2.20. The fraction of sp³-hybridized carbons (Fsp3) is 0.485. The molecule has 1 unspecified atom stereocenters. The second-order valence-corrected chi connectivity index (χ2v) is 9.70. The fourth-order valence-corrected chi connectivity index (χ4v) is 4.26. The van der Waals surface area contributed by atoms with E-state index in [-0.39, 0.29) is 11.9 Å². The van der Waals surface area contributed by atoms with Crippen LogP contribution in [0.15, 0.2) is 78.9 Å². The van der Waals surface area contributed by atoms with E-state index in [4.69, 9.17) is 0 Å². The Morgan fingerprint density at radius 3 is 2.09 bits per heavy atom. The van der Waals surface area contributed by atoms with Gasteiger partial charge in [-0.2, -0.15) is 0 Å². The quantitative estimate of drug-likeness (QED) is 0.170. The summed E-state index contributed by atoms with van der Waals surface area (Å²) in [5, 5.41) is 3.29. The van der Waals surface area contributed by atoms with Gasteiger partial charge in [0.15, 0.2) is 0 Å².